The predicted octanol–water partition coefficient (Wildman–Crippen LogP) is 2.47. The number of rotatable bonds is 5. The van der Waals surface area contributed by atoms with Gasteiger partial charge in [-0.2, -0.15) is 0 Å². The highest BCUT2D eigenvalue weighted by atomic mass is 19.1. The summed E-state index contributed by atoms with van der Waals surface area (Å²) in [4.78, 5) is 38.5. The van der Waals surface area contributed by atoms with Gasteiger partial charge in [0.15, 0.2) is 0 Å². The normalized spacial score (nSPS) is 13.6. The summed E-state index contributed by atoms with van der Waals surface area (Å²) >= 11 is 0. The fourth-order valence-corrected chi connectivity index (χ4v) is 2.90. The van der Waals surface area contributed by atoms with Crippen molar-refractivity contribution >= 4 is 29.2 Å². The molecule has 0 aliphatic carbocycles. The molecular weight excluding hydrogens is 395 g/mol. The Morgan fingerprint density at radius 3 is 2.40 bits per heavy atom. The lowest BCUT2D eigenvalue weighted by Gasteiger charge is -2.31. The summed E-state index contributed by atoms with van der Waals surface area (Å²) in [5, 5.41) is 2.66. The minimum absolute atomic E-state index is 0.0109. The second-order valence-corrected chi connectivity index (χ2v) is 6.23. The second kappa shape index (κ2) is 9.19. The molecule has 0 unspecified atom stereocenters. The van der Waals surface area contributed by atoms with E-state index in [1.807, 2.05) is 0 Å². The fraction of sp³-hybridized carbons (Fsp3) is 0.190. The molecule has 9 heteroatoms. The molecule has 0 spiro atoms. The predicted molar refractivity (Wildman–Crippen MR) is 105 cm³/mol. The minimum Gasteiger partial charge on any atom is -0.466 e. The van der Waals surface area contributed by atoms with Crippen LogP contribution in [0.15, 0.2) is 59.8 Å². The third-order valence-electron chi connectivity index (χ3n) is 4.36. The number of nitrogens with zero attached hydrogens (tertiary/aromatic N) is 1. The molecule has 3 rings (SSSR count). The van der Waals surface area contributed by atoms with E-state index in [9.17, 15) is 18.8 Å². The Morgan fingerprint density at radius 2 is 1.73 bits per heavy atom. The number of anilines is 2. The van der Waals surface area contributed by atoms with Crippen LogP contribution in [0.25, 0.3) is 0 Å². The number of esters is 2. The second-order valence-electron chi connectivity index (χ2n) is 6.23. The van der Waals surface area contributed by atoms with Gasteiger partial charge >= 0.3 is 11.9 Å². The van der Waals surface area contributed by atoms with Crippen molar-refractivity contribution in [3.05, 3.63) is 71.2 Å². The summed E-state index contributed by atoms with van der Waals surface area (Å²) < 4.78 is 28.0. The number of carbonyl (C=O) groups is 3. The van der Waals surface area contributed by atoms with E-state index < -0.39 is 23.7 Å². The lowest BCUT2D eigenvalue weighted by atomic mass is 10.1. The van der Waals surface area contributed by atoms with Crippen LogP contribution >= 0.6 is 0 Å². The highest BCUT2D eigenvalue weighted by Crippen LogP contribution is 2.27. The van der Waals surface area contributed by atoms with Crippen LogP contribution in [-0.2, 0) is 23.8 Å². The molecular formula is C21H19FN2O6. The molecule has 156 valence electrons. The summed E-state index contributed by atoms with van der Waals surface area (Å²) in [6, 6.07) is 11.7. The zero-order valence-corrected chi connectivity index (χ0v) is 16.3. The van der Waals surface area contributed by atoms with Crippen LogP contribution in [0.3, 0.4) is 0 Å². The van der Waals surface area contributed by atoms with Gasteiger partial charge in [0.2, 0.25) is 0 Å². The van der Waals surface area contributed by atoms with Gasteiger partial charge in [-0.3, -0.25) is 4.79 Å². The lowest BCUT2D eigenvalue weighted by molar-refractivity contribution is -0.140. The summed E-state index contributed by atoms with van der Waals surface area (Å²) in [7, 11) is 2.40. The van der Waals surface area contributed by atoms with Gasteiger partial charge in [0.25, 0.3) is 5.91 Å². The molecule has 1 aliphatic heterocycles. The average Bonchev–Trinajstić information content (AvgIpc) is 2.79. The summed E-state index contributed by atoms with van der Waals surface area (Å²) in [5.41, 5.74) is 1.13. The Kier molecular flexibility index (Phi) is 6.43. The number of carbonyl (C=O) groups excluding carboxylic acids is 3. The van der Waals surface area contributed by atoms with Crippen LogP contribution in [0, 0.1) is 5.82 Å². The third kappa shape index (κ3) is 4.47. The largest absolute Gasteiger partial charge is 0.466 e. The number of methoxy groups -OCH3 is 2. The number of amides is 1. The number of hydrogen-bond donors (Lipinski definition) is 1. The molecule has 0 atom stereocenters. The van der Waals surface area contributed by atoms with Crippen molar-refractivity contribution < 1.29 is 33.0 Å². The van der Waals surface area contributed by atoms with Crippen molar-refractivity contribution in [2.75, 3.05) is 37.8 Å². The van der Waals surface area contributed by atoms with Gasteiger partial charge in [0, 0.05) is 16.9 Å². The number of benzene rings is 2. The van der Waals surface area contributed by atoms with Gasteiger partial charge in [-0.15, -0.1) is 0 Å². The van der Waals surface area contributed by atoms with E-state index in [0.717, 1.165) is 0 Å². The molecule has 2 aromatic carbocycles. The molecule has 0 fully saturated rings. The maximum atomic E-state index is 13.0. The van der Waals surface area contributed by atoms with Crippen molar-refractivity contribution in [1.82, 2.24) is 0 Å². The summed E-state index contributed by atoms with van der Waals surface area (Å²) in [5.74, 6) is -2.30. The van der Waals surface area contributed by atoms with Gasteiger partial charge in [-0.25, -0.2) is 14.0 Å². The van der Waals surface area contributed by atoms with Crippen molar-refractivity contribution in [2.45, 2.75) is 0 Å². The standard InChI is InChI=1S/C21H19FN2O6/c1-28-20(26)17-11-30-12-24(18(17)21(27)29-2)16-5-3-4-13(10-16)19(25)23-15-8-6-14(22)7-9-15/h3-10H,11-12H2,1-2H3,(H,23,25). The van der Waals surface area contributed by atoms with E-state index in [1.54, 1.807) is 18.2 Å². The molecule has 30 heavy (non-hydrogen) atoms. The van der Waals surface area contributed by atoms with E-state index in [2.05, 4.69) is 5.32 Å². The van der Waals surface area contributed by atoms with Crippen LogP contribution in [0.5, 0.6) is 0 Å². The van der Waals surface area contributed by atoms with Crippen molar-refractivity contribution in [2.24, 2.45) is 0 Å². The zero-order valence-electron chi connectivity index (χ0n) is 16.3. The number of halogens is 1. The number of hydrogen-bond acceptors (Lipinski definition) is 7. The number of nitrogens with one attached hydrogen (secondary N) is 1. The van der Waals surface area contributed by atoms with Gasteiger partial charge in [-0.05, 0) is 42.5 Å². The van der Waals surface area contributed by atoms with Crippen LogP contribution in [0.1, 0.15) is 10.4 Å². The zero-order chi connectivity index (χ0) is 21.7. The average molecular weight is 414 g/mol. The Morgan fingerprint density at radius 1 is 1.03 bits per heavy atom. The molecule has 8 nitrogen and oxygen atoms in total. The molecule has 0 radical (unpaired) electrons. The highest BCUT2D eigenvalue weighted by molar-refractivity contribution is 6.06. The van der Waals surface area contributed by atoms with Gasteiger partial charge < -0.3 is 24.4 Å². The van der Waals surface area contributed by atoms with Crippen molar-refractivity contribution in [3.8, 4) is 0 Å². The lowest BCUT2D eigenvalue weighted by Crippen LogP contribution is -2.38. The molecule has 0 aromatic heterocycles. The Bertz CT molecular complexity index is 1000. The van der Waals surface area contributed by atoms with Crippen LogP contribution in [0.2, 0.25) is 0 Å². The fourth-order valence-electron chi connectivity index (χ4n) is 2.90. The Labute approximate surface area is 171 Å². The molecule has 0 bridgehead atoms. The van der Waals surface area contributed by atoms with E-state index in [4.69, 9.17) is 14.2 Å². The molecule has 2 aromatic rings. The first-order valence-corrected chi connectivity index (χ1v) is 8.86. The smallest absolute Gasteiger partial charge is 0.355 e. The first-order valence-electron chi connectivity index (χ1n) is 8.86. The van der Waals surface area contributed by atoms with E-state index in [-0.39, 0.29) is 30.2 Å². The quantitative estimate of drug-likeness (QED) is 0.751. The van der Waals surface area contributed by atoms with Crippen LogP contribution in [-0.4, -0.2) is 45.4 Å². The van der Waals surface area contributed by atoms with Gasteiger partial charge in [0.05, 0.1) is 26.4 Å². The molecule has 1 amide bonds. The first kappa shape index (κ1) is 21.0. The minimum atomic E-state index is -0.736. The summed E-state index contributed by atoms with van der Waals surface area (Å²) in [6.45, 7) is -0.147. The third-order valence-corrected chi connectivity index (χ3v) is 4.36. The van der Waals surface area contributed by atoms with Crippen LogP contribution in [0.4, 0.5) is 15.8 Å². The topological polar surface area (TPSA) is 94.2 Å². The molecule has 1 aliphatic rings. The summed E-state index contributed by atoms with van der Waals surface area (Å²) in [6.07, 6.45) is 0. The van der Waals surface area contributed by atoms with Gasteiger partial charge in [-0.1, -0.05) is 6.07 Å². The van der Waals surface area contributed by atoms with Crippen molar-refractivity contribution in [1.29, 1.82) is 0 Å². The van der Waals surface area contributed by atoms with E-state index in [0.29, 0.717) is 11.4 Å². The van der Waals surface area contributed by atoms with Crippen molar-refractivity contribution in [3.63, 3.8) is 0 Å². The monoisotopic (exact) mass is 414 g/mol. The molecule has 0 saturated carbocycles. The Hall–Kier alpha value is -3.72. The SMILES string of the molecule is COC(=O)C1=C(C(=O)OC)N(c2cccc(C(=O)Nc3ccc(F)cc3)c2)COC1. The maximum absolute atomic E-state index is 13.0. The van der Waals surface area contributed by atoms with Gasteiger partial charge in [0.1, 0.15) is 18.2 Å². The number of ether oxygens (including phenoxy) is 3. The van der Waals surface area contributed by atoms with E-state index >= 15 is 0 Å². The maximum Gasteiger partial charge on any atom is 0.355 e. The van der Waals surface area contributed by atoms with E-state index in [1.165, 1.54) is 49.5 Å². The first-order chi connectivity index (χ1) is 14.4. The molecule has 1 N–H and O–H groups in total. The van der Waals surface area contributed by atoms with Crippen LogP contribution < -0.4 is 10.2 Å². The molecule has 0 saturated heterocycles. The Balaban J connectivity index is 1.93. The highest BCUT2D eigenvalue weighted by Gasteiger charge is 2.32. The molecule has 1 heterocycles.